The number of carbonyl (C=O) groups is 3. The van der Waals surface area contributed by atoms with E-state index in [1.165, 1.54) is 4.90 Å². The molecule has 0 heterocycles. The zero-order valence-electron chi connectivity index (χ0n) is 14.4. The van der Waals surface area contributed by atoms with Crippen LogP contribution in [-0.4, -0.2) is 55.3 Å². The average Bonchev–Trinajstić information content (AvgIpc) is 2.50. The van der Waals surface area contributed by atoms with Gasteiger partial charge in [-0.25, -0.2) is 0 Å². The van der Waals surface area contributed by atoms with Crippen LogP contribution in [0.25, 0.3) is 0 Å². The van der Waals surface area contributed by atoms with Gasteiger partial charge in [-0.3, -0.25) is 19.3 Å². The number of anilines is 1. The molecule has 0 radical (unpaired) electrons. The van der Waals surface area contributed by atoms with Crippen molar-refractivity contribution in [1.29, 1.82) is 0 Å². The molecule has 0 aliphatic rings. The second-order valence-corrected chi connectivity index (χ2v) is 6.35. The minimum Gasteiger partial charge on any atom is -0.355 e. The summed E-state index contributed by atoms with van der Waals surface area (Å²) in [5.41, 5.74) is 0.516. The van der Waals surface area contributed by atoms with Crippen LogP contribution >= 0.6 is 23.2 Å². The largest absolute Gasteiger partial charge is 0.355 e. The Morgan fingerprint density at radius 3 is 2.36 bits per heavy atom. The first-order valence-electron chi connectivity index (χ1n) is 7.73. The molecule has 0 aromatic heterocycles. The maximum atomic E-state index is 12.0. The number of hydrogen-bond acceptors (Lipinski definition) is 4. The van der Waals surface area contributed by atoms with Crippen molar-refractivity contribution in [3.8, 4) is 0 Å². The van der Waals surface area contributed by atoms with Gasteiger partial charge in [0.1, 0.15) is 6.04 Å². The molecule has 1 rings (SSSR count). The van der Waals surface area contributed by atoms with Gasteiger partial charge >= 0.3 is 0 Å². The molecule has 138 valence electrons. The van der Waals surface area contributed by atoms with Gasteiger partial charge < -0.3 is 16.0 Å². The normalized spacial score (nSPS) is 11.8. The minimum absolute atomic E-state index is 0.00318. The summed E-state index contributed by atoms with van der Waals surface area (Å²) >= 11 is 11.7. The molecule has 7 nitrogen and oxygen atoms in total. The molecular weight excluding hydrogens is 367 g/mol. The van der Waals surface area contributed by atoms with E-state index in [0.717, 1.165) is 0 Å². The highest BCUT2D eigenvalue weighted by Crippen LogP contribution is 2.24. The average molecular weight is 389 g/mol. The Hall–Kier alpha value is -1.83. The third-order valence-electron chi connectivity index (χ3n) is 3.15. The van der Waals surface area contributed by atoms with Gasteiger partial charge in [-0.15, -0.1) is 0 Å². The lowest BCUT2D eigenvalue weighted by Gasteiger charge is -2.18. The number of likely N-dealkylation sites (N-methyl/N-ethyl adjacent to an activating group) is 2. The van der Waals surface area contributed by atoms with Crippen LogP contribution < -0.4 is 16.0 Å². The number of hydrogen-bond donors (Lipinski definition) is 3. The zero-order chi connectivity index (χ0) is 19.0. The lowest BCUT2D eigenvalue weighted by Crippen LogP contribution is -2.48. The van der Waals surface area contributed by atoms with Crippen LogP contribution in [0.4, 0.5) is 5.69 Å². The van der Waals surface area contributed by atoms with Crippen LogP contribution in [0.3, 0.4) is 0 Å². The van der Waals surface area contributed by atoms with Crippen LogP contribution in [0.15, 0.2) is 18.2 Å². The predicted octanol–water partition coefficient (Wildman–Crippen LogP) is 1.50. The van der Waals surface area contributed by atoms with Gasteiger partial charge in [0, 0.05) is 12.2 Å². The molecule has 0 saturated heterocycles. The Morgan fingerprint density at radius 2 is 1.76 bits per heavy atom. The van der Waals surface area contributed by atoms with Gasteiger partial charge in [-0.1, -0.05) is 23.2 Å². The van der Waals surface area contributed by atoms with E-state index < -0.39 is 6.04 Å². The molecule has 0 bridgehead atoms. The number of benzene rings is 1. The molecule has 0 aliphatic heterocycles. The van der Waals surface area contributed by atoms with Crippen molar-refractivity contribution in [2.24, 2.45) is 0 Å². The number of rotatable bonds is 8. The molecule has 3 amide bonds. The molecule has 9 heteroatoms. The molecule has 1 aromatic carbocycles. The molecule has 3 N–H and O–H groups in total. The van der Waals surface area contributed by atoms with Crippen molar-refractivity contribution in [3.63, 3.8) is 0 Å². The van der Waals surface area contributed by atoms with Crippen molar-refractivity contribution < 1.29 is 14.4 Å². The fraction of sp³-hybridized carbons (Fsp3) is 0.438. The van der Waals surface area contributed by atoms with Gasteiger partial charge in [0.15, 0.2) is 0 Å². The Morgan fingerprint density at radius 1 is 1.12 bits per heavy atom. The van der Waals surface area contributed by atoms with E-state index in [4.69, 9.17) is 23.2 Å². The SMILES string of the molecule is CCNC(=O)[C@H](C)NC(=O)CN(C)CC(=O)Nc1ccc(Cl)c(Cl)c1. The number of carbonyl (C=O) groups excluding carboxylic acids is 3. The Kier molecular flexibility index (Phi) is 8.68. The smallest absolute Gasteiger partial charge is 0.242 e. The first kappa shape index (κ1) is 21.2. The van der Waals surface area contributed by atoms with Gasteiger partial charge in [-0.2, -0.15) is 0 Å². The van der Waals surface area contributed by atoms with Crippen molar-refractivity contribution in [2.45, 2.75) is 19.9 Å². The number of amides is 3. The van der Waals surface area contributed by atoms with Crippen molar-refractivity contribution >= 4 is 46.6 Å². The molecule has 1 atom stereocenters. The fourth-order valence-electron chi connectivity index (χ4n) is 2.00. The molecular formula is C16H22Cl2N4O3. The monoisotopic (exact) mass is 388 g/mol. The van der Waals surface area contributed by atoms with Crippen LogP contribution in [0.5, 0.6) is 0 Å². The van der Waals surface area contributed by atoms with E-state index in [-0.39, 0.29) is 30.8 Å². The van der Waals surface area contributed by atoms with Crippen molar-refractivity contribution in [1.82, 2.24) is 15.5 Å². The van der Waals surface area contributed by atoms with Gasteiger partial charge in [-0.05, 0) is 39.1 Å². The summed E-state index contributed by atoms with van der Waals surface area (Å²) in [5, 5.41) is 8.60. The quantitative estimate of drug-likeness (QED) is 0.629. The molecule has 0 fully saturated rings. The molecule has 25 heavy (non-hydrogen) atoms. The van der Waals surface area contributed by atoms with Crippen LogP contribution in [0.2, 0.25) is 10.0 Å². The Labute approximate surface area is 157 Å². The van der Waals surface area contributed by atoms with Crippen LogP contribution in [-0.2, 0) is 14.4 Å². The number of nitrogens with one attached hydrogen (secondary N) is 3. The third kappa shape index (κ3) is 7.72. The van der Waals surface area contributed by atoms with E-state index in [9.17, 15) is 14.4 Å². The predicted molar refractivity (Wildman–Crippen MR) is 98.9 cm³/mol. The summed E-state index contributed by atoms with van der Waals surface area (Å²) in [6, 6.07) is 4.13. The topological polar surface area (TPSA) is 90.5 Å². The highest BCUT2D eigenvalue weighted by molar-refractivity contribution is 6.42. The van der Waals surface area contributed by atoms with Crippen LogP contribution in [0, 0.1) is 0 Å². The standard InChI is InChI=1S/C16H22Cl2N4O3/c1-4-19-16(25)10(2)20-14(23)8-22(3)9-15(24)21-11-5-6-12(17)13(18)7-11/h5-7,10H,4,8-9H2,1-3H3,(H,19,25)(H,20,23)(H,21,24)/t10-/m0/s1. The first-order chi connectivity index (χ1) is 11.7. The highest BCUT2D eigenvalue weighted by atomic mass is 35.5. The maximum Gasteiger partial charge on any atom is 0.242 e. The lowest BCUT2D eigenvalue weighted by atomic mass is 10.3. The fourth-order valence-corrected chi connectivity index (χ4v) is 2.30. The van der Waals surface area contributed by atoms with Gasteiger partial charge in [0.25, 0.3) is 0 Å². The maximum absolute atomic E-state index is 12.0. The first-order valence-corrected chi connectivity index (χ1v) is 8.49. The van der Waals surface area contributed by atoms with E-state index in [2.05, 4.69) is 16.0 Å². The number of halogens is 2. The highest BCUT2D eigenvalue weighted by Gasteiger charge is 2.17. The Bertz CT molecular complexity index is 640. The lowest BCUT2D eigenvalue weighted by molar-refractivity contribution is -0.129. The van der Waals surface area contributed by atoms with Crippen molar-refractivity contribution in [3.05, 3.63) is 28.2 Å². The summed E-state index contributed by atoms with van der Waals surface area (Å²) < 4.78 is 0. The van der Waals surface area contributed by atoms with E-state index >= 15 is 0 Å². The molecule has 0 aliphatic carbocycles. The zero-order valence-corrected chi connectivity index (χ0v) is 15.9. The third-order valence-corrected chi connectivity index (χ3v) is 3.89. The van der Waals surface area contributed by atoms with Gasteiger partial charge in [0.2, 0.25) is 17.7 Å². The molecule has 0 saturated carbocycles. The number of nitrogens with zero attached hydrogens (tertiary/aromatic N) is 1. The molecule has 0 spiro atoms. The molecule has 0 unspecified atom stereocenters. The summed E-state index contributed by atoms with van der Waals surface area (Å²) in [6.07, 6.45) is 0. The van der Waals surface area contributed by atoms with E-state index in [1.54, 1.807) is 39.1 Å². The minimum atomic E-state index is -0.633. The Balaban J connectivity index is 2.43. The van der Waals surface area contributed by atoms with E-state index in [0.29, 0.717) is 22.3 Å². The summed E-state index contributed by atoms with van der Waals surface area (Å²) in [4.78, 5) is 37.0. The van der Waals surface area contributed by atoms with Crippen LogP contribution in [0.1, 0.15) is 13.8 Å². The summed E-state index contributed by atoms with van der Waals surface area (Å²) in [7, 11) is 1.63. The van der Waals surface area contributed by atoms with Crippen molar-refractivity contribution in [2.75, 3.05) is 32.0 Å². The summed E-state index contributed by atoms with van der Waals surface area (Å²) in [6.45, 7) is 3.88. The second-order valence-electron chi connectivity index (χ2n) is 5.53. The van der Waals surface area contributed by atoms with E-state index in [1.807, 2.05) is 0 Å². The summed E-state index contributed by atoms with van der Waals surface area (Å²) in [5.74, 6) is -0.898. The second kappa shape index (κ2) is 10.2. The molecule has 1 aromatic rings. The van der Waals surface area contributed by atoms with Gasteiger partial charge in [0.05, 0.1) is 23.1 Å².